The molecule has 5 rings (SSSR count). The molecule has 0 aliphatic carbocycles. The number of rotatable bonds is 3. The molecule has 1 aliphatic rings. The summed E-state index contributed by atoms with van der Waals surface area (Å²) in [6, 6.07) is 13.2. The first kappa shape index (κ1) is 20.3. The highest BCUT2D eigenvalue weighted by atomic mass is 19.4. The summed E-state index contributed by atoms with van der Waals surface area (Å²) in [4.78, 5) is 17.5. The fourth-order valence-corrected chi connectivity index (χ4v) is 4.18. The quantitative estimate of drug-likeness (QED) is 0.476. The summed E-state index contributed by atoms with van der Waals surface area (Å²) in [7, 11) is 0. The van der Waals surface area contributed by atoms with Crippen LogP contribution < -0.4 is 5.32 Å². The van der Waals surface area contributed by atoms with Gasteiger partial charge in [-0.2, -0.15) is 18.3 Å². The number of aryl methyl sites for hydroxylation is 2. The van der Waals surface area contributed by atoms with E-state index in [1.165, 1.54) is 12.1 Å². The van der Waals surface area contributed by atoms with Crippen molar-refractivity contribution in [3.05, 3.63) is 71.8 Å². The number of imidazole rings is 1. The number of anilines is 1. The highest BCUT2D eigenvalue weighted by molar-refractivity contribution is 6.05. The third-order valence-corrected chi connectivity index (χ3v) is 5.65. The van der Waals surface area contributed by atoms with E-state index in [0.717, 1.165) is 60.0 Å². The molecule has 0 atom stereocenters. The van der Waals surface area contributed by atoms with Crippen LogP contribution in [-0.4, -0.2) is 25.2 Å². The highest BCUT2D eigenvalue weighted by Gasteiger charge is 2.40. The smallest absolute Gasteiger partial charge is 0.328 e. The van der Waals surface area contributed by atoms with E-state index in [0.29, 0.717) is 5.69 Å². The Morgan fingerprint density at radius 2 is 1.84 bits per heavy atom. The largest absolute Gasteiger partial charge is 0.434 e. The van der Waals surface area contributed by atoms with Gasteiger partial charge in [0.1, 0.15) is 5.82 Å². The van der Waals surface area contributed by atoms with E-state index in [4.69, 9.17) is 0 Å². The Bertz CT molecular complexity index is 1290. The number of carbonyl (C=O) groups is 1. The van der Waals surface area contributed by atoms with Gasteiger partial charge in [-0.1, -0.05) is 24.6 Å². The predicted octanol–water partition coefficient (Wildman–Crippen LogP) is 5.22. The monoisotopic (exact) mass is 439 g/mol. The lowest BCUT2D eigenvalue weighted by Gasteiger charge is -2.13. The van der Waals surface area contributed by atoms with E-state index in [2.05, 4.69) is 20.0 Å². The van der Waals surface area contributed by atoms with Crippen molar-refractivity contribution in [2.75, 3.05) is 5.32 Å². The lowest BCUT2D eigenvalue weighted by Crippen LogP contribution is -2.20. The molecule has 0 fully saturated rings. The van der Waals surface area contributed by atoms with E-state index < -0.39 is 23.3 Å². The van der Waals surface area contributed by atoms with Crippen LogP contribution in [-0.2, 0) is 19.1 Å². The van der Waals surface area contributed by atoms with Gasteiger partial charge >= 0.3 is 6.18 Å². The predicted molar refractivity (Wildman–Crippen MR) is 114 cm³/mol. The Morgan fingerprint density at radius 1 is 1.03 bits per heavy atom. The van der Waals surface area contributed by atoms with Crippen LogP contribution in [0.25, 0.3) is 16.7 Å². The molecule has 9 heteroatoms. The molecule has 1 aliphatic heterocycles. The fourth-order valence-electron chi connectivity index (χ4n) is 4.18. The number of nitrogens with one attached hydrogen (secondary N) is 1. The first-order valence-electron chi connectivity index (χ1n) is 10.4. The maximum Gasteiger partial charge on any atom is 0.434 e. The van der Waals surface area contributed by atoms with Crippen LogP contribution in [0.5, 0.6) is 0 Å². The number of hydrogen-bond donors (Lipinski definition) is 1. The summed E-state index contributed by atoms with van der Waals surface area (Å²) in [6.07, 6.45) is 0.412. The maximum atomic E-state index is 13.8. The molecular formula is C23H20F3N5O. The normalized spacial score (nSPS) is 14.2. The summed E-state index contributed by atoms with van der Waals surface area (Å²) in [6.45, 7) is 0.894. The van der Waals surface area contributed by atoms with Crippen molar-refractivity contribution in [2.24, 2.45) is 0 Å². The second kappa shape index (κ2) is 7.81. The zero-order valence-corrected chi connectivity index (χ0v) is 17.1. The van der Waals surface area contributed by atoms with Gasteiger partial charge in [0, 0.05) is 18.7 Å². The van der Waals surface area contributed by atoms with Crippen LogP contribution in [0, 0.1) is 0 Å². The number of nitrogens with zero attached hydrogens (tertiary/aromatic N) is 4. The molecule has 6 nitrogen and oxygen atoms in total. The molecule has 164 valence electrons. The molecule has 0 spiro atoms. The van der Waals surface area contributed by atoms with Gasteiger partial charge in [0.05, 0.1) is 28.5 Å². The number of carbonyl (C=O) groups excluding carboxylic acids is 1. The number of para-hydroxylation sites is 1. The SMILES string of the molecule is O=C(Nc1ccc2c(c1)nc1n2CCCCC1)c1cnn(-c2ccccc2)c1C(F)(F)F. The van der Waals surface area contributed by atoms with Gasteiger partial charge in [-0.3, -0.25) is 4.79 Å². The van der Waals surface area contributed by atoms with E-state index in [9.17, 15) is 18.0 Å². The summed E-state index contributed by atoms with van der Waals surface area (Å²) < 4.78 is 44.5. The third kappa shape index (κ3) is 3.63. The second-order valence-corrected chi connectivity index (χ2v) is 7.80. The Morgan fingerprint density at radius 3 is 2.62 bits per heavy atom. The molecule has 0 radical (unpaired) electrons. The van der Waals surface area contributed by atoms with E-state index >= 15 is 0 Å². The molecule has 4 aromatic rings. The van der Waals surface area contributed by atoms with Crippen LogP contribution >= 0.6 is 0 Å². The molecular weight excluding hydrogens is 419 g/mol. The van der Waals surface area contributed by atoms with Crippen molar-refractivity contribution in [1.82, 2.24) is 19.3 Å². The van der Waals surface area contributed by atoms with Gasteiger partial charge in [0.15, 0.2) is 5.69 Å². The Kier molecular flexibility index (Phi) is 4.96. The lowest BCUT2D eigenvalue weighted by atomic mass is 10.2. The number of hydrogen-bond acceptors (Lipinski definition) is 3. The van der Waals surface area contributed by atoms with E-state index in [-0.39, 0.29) is 5.69 Å². The van der Waals surface area contributed by atoms with Crippen LogP contribution in [0.4, 0.5) is 18.9 Å². The molecule has 1 amide bonds. The number of benzene rings is 2. The molecule has 0 saturated heterocycles. The Balaban J connectivity index is 1.48. The van der Waals surface area contributed by atoms with Crippen LogP contribution in [0.3, 0.4) is 0 Å². The molecule has 0 bridgehead atoms. The van der Waals surface area contributed by atoms with Crippen LogP contribution in [0.15, 0.2) is 54.7 Å². The van der Waals surface area contributed by atoms with Gasteiger partial charge in [-0.05, 0) is 43.2 Å². The lowest BCUT2D eigenvalue weighted by molar-refractivity contribution is -0.143. The number of aromatic nitrogens is 4. The number of fused-ring (bicyclic) bond motifs is 3. The van der Waals surface area contributed by atoms with Gasteiger partial charge in [-0.25, -0.2) is 9.67 Å². The summed E-state index contributed by atoms with van der Waals surface area (Å²) in [5, 5.41) is 6.42. The molecule has 0 unspecified atom stereocenters. The molecule has 1 N–H and O–H groups in total. The topological polar surface area (TPSA) is 64.7 Å². The standard InChI is InChI=1S/C23H20F3N5O/c24-23(25,26)21-17(14-27-31(21)16-7-3-1-4-8-16)22(32)28-15-10-11-19-18(13-15)29-20-9-5-2-6-12-30(19)20/h1,3-4,7-8,10-11,13-14H,2,5-6,9,12H2,(H,28,32). The Labute approximate surface area is 181 Å². The minimum absolute atomic E-state index is 0.222. The van der Waals surface area contributed by atoms with Gasteiger partial charge in [-0.15, -0.1) is 0 Å². The average molecular weight is 439 g/mol. The minimum atomic E-state index is -4.76. The molecule has 32 heavy (non-hydrogen) atoms. The molecule has 2 aromatic heterocycles. The van der Waals surface area contributed by atoms with E-state index in [1.807, 2.05) is 6.07 Å². The first-order valence-corrected chi connectivity index (χ1v) is 10.4. The van der Waals surface area contributed by atoms with Gasteiger partial charge < -0.3 is 9.88 Å². The third-order valence-electron chi connectivity index (χ3n) is 5.65. The van der Waals surface area contributed by atoms with E-state index in [1.54, 1.807) is 30.3 Å². The van der Waals surface area contributed by atoms with Crippen molar-refractivity contribution in [3.63, 3.8) is 0 Å². The first-order chi connectivity index (χ1) is 15.4. The minimum Gasteiger partial charge on any atom is -0.328 e. The molecule has 0 saturated carbocycles. The van der Waals surface area contributed by atoms with Gasteiger partial charge in [0.2, 0.25) is 0 Å². The van der Waals surface area contributed by atoms with Crippen molar-refractivity contribution in [2.45, 2.75) is 38.4 Å². The molecule has 2 aromatic carbocycles. The zero-order valence-electron chi connectivity index (χ0n) is 17.1. The molecule has 3 heterocycles. The van der Waals surface area contributed by atoms with Gasteiger partial charge in [0.25, 0.3) is 5.91 Å². The number of halogens is 3. The summed E-state index contributed by atoms with van der Waals surface area (Å²) in [5.74, 6) is 0.129. The van der Waals surface area contributed by atoms with Crippen molar-refractivity contribution < 1.29 is 18.0 Å². The van der Waals surface area contributed by atoms with Crippen molar-refractivity contribution in [1.29, 1.82) is 0 Å². The van der Waals surface area contributed by atoms with Crippen LogP contribution in [0.1, 0.15) is 41.1 Å². The number of amides is 1. The number of alkyl halides is 3. The zero-order chi connectivity index (χ0) is 22.3. The summed E-state index contributed by atoms with van der Waals surface area (Å²) in [5.41, 5.74) is 0.637. The highest BCUT2D eigenvalue weighted by Crippen LogP contribution is 2.34. The fraction of sp³-hybridized carbons (Fsp3) is 0.261. The second-order valence-electron chi connectivity index (χ2n) is 7.80. The van der Waals surface area contributed by atoms with Crippen molar-refractivity contribution in [3.8, 4) is 5.69 Å². The summed E-state index contributed by atoms with van der Waals surface area (Å²) >= 11 is 0. The average Bonchev–Trinajstić information content (AvgIpc) is 3.29. The maximum absolute atomic E-state index is 13.8. The Hall–Kier alpha value is -3.62. The van der Waals surface area contributed by atoms with Crippen LogP contribution in [0.2, 0.25) is 0 Å². The van der Waals surface area contributed by atoms with Crippen molar-refractivity contribution >= 4 is 22.6 Å².